The maximum absolute atomic E-state index is 12.5. The Bertz CT molecular complexity index is 641. The van der Waals surface area contributed by atoms with Crippen LogP contribution < -0.4 is 10.6 Å². The Labute approximate surface area is 152 Å². The lowest BCUT2D eigenvalue weighted by atomic mass is 9.98. The van der Waals surface area contributed by atoms with Crippen LogP contribution in [0.4, 0.5) is 5.69 Å². The molecule has 2 N–H and O–H groups in total. The Hall–Kier alpha value is -2.48. The molecule has 8 heteroatoms. The van der Waals surface area contributed by atoms with Crippen molar-refractivity contribution in [2.24, 2.45) is 5.92 Å². The normalized spacial score (nSPS) is 18.8. The molecule has 0 spiro atoms. The van der Waals surface area contributed by atoms with Gasteiger partial charge < -0.3 is 15.4 Å². The molecule has 1 fully saturated rings. The zero-order chi connectivity index (χ0) is 19.1. The van der Waals surface area contributed by atoms with Gasteiger partial charge in [0.1, 0.15) is 12.6 Å². The largest absolute Gasteiger partial charge is 0.459 e. The van der Waals surface area contributed by atoms with Crippen LogP contribution in [0.15, 0.2) is 24.3 Å². The van der Waals surface area contributed by atoms with E-state index < -0.39 is 16.9 Å². The SMILES string of the molecule is CC[C@H](C)[C@H](NC(=O)[C@@H]1CCCN1)C(=O)OCc1ccc([N+](=O)[O-])cc1. The summed E-state index contributed by atoms with van der Waals surface area (Å²) in [7, 11) is 0. The van der Waals surface area contributed by atoms with Crippen molar-refractivity contribution in [3.8, 4) is 0 Å². The lowest BCUT2D eigenvalue weighted by Gasteiger charge is -2.24. The highest BCUT2D eigenvalue weighted by Gasteiger charge is 2.31. The van der Waals surface area contributed by atoms with E-state index >= 15 is 0 Å². The fourth-order valence-electron chi connectivity index (χ4n) is 2.79. The molecule has 1 amide bonds. The number of rotatable bonds is 8. The van der Waals surface area contributed by atoms with Gasteiger partial charge in [-0.2, -0.15) is 0 Å². The molecule has 142 valence electrons. The monoisotopic (exact) mass is 363 g/mol. The molecule has 3 atom stereocenters. The zero-order valence-electron chi connectivity index (χ0n) is 15.1. The van der Waals surface area contributed by atoms with Crippen molar-refractivity contribution >= 4 is 17.6 Å². The van der Waals surface area contributed by atoms with E-state index in [-0.39, 0.29) is 30.2 Å². The van der Waals surface area contributed by atoms with E-state index in [1.165, 1.54) is 12.1 Å². The fourth-order valence-corrected chi connectivity index (χ4v) is 2.79. The maximum Gasteiger partial charge on any atom is 0.329 e. The Morgan fingerprint density at radius 1 is 1.38 bits per heavy atom. The molecule has 0 radical (unpaired) electrons. The van der Waals surface area contributed by atoms with Gasteiger partial charge in [-0.1, -0.05) is 20.3 Å². The minimum atomic E-state index is -0.715. The number of ether oxygens (including phenoxy) is 1. The topological polar surface area (TPSA) is 111 Å². The van der Waals surface area contributed by atoms with E-state index in [2.05, 4.69) is 10.6 Å². The van der Waals surface area contributed by atoms with Crippen molar-refractivity contribution in [1.29, 1.82) is 0 Å². The molecular formula is C18H25N3O5. The highest BCUT2D eigenvalue weighted by atomic mass is 16.6. The second-order valence-electron chi connectivity index (χ2n) is 6.55. The molecular weight excluding hydrogens is 338 g/mol. The van der Waals surface area contributed by atoms with Gasteiger partial charge in [-0.05, 0) is 43.0 Å². The molecule has 0 aromatic heterocycles. The van der Waals surface area contributed by atoms with E-state index in [0.717, 1.165) is 25.8 Å². The number of hydrogen-bond donors (Lipinski definition) is 2. The van der Waals surface area contributed by atoms with Crippen molar-refractivity contribution in [3.63, 3.8) is 0 Å². The summed E-state index contributed by atoms with van der Waals surface area (Å²) in [6, 6.07) is 4.85. The van der Waals surface area contributed by atoms with Gasteiger partial charge in [0, 0.05) is 12.1 Å². The smallest absolute Gasteiger partial charge is 0.329 e. The molecule has 0 bridgehead atoms. The second kappa shape index (κ2) is 9.28. The molecule has 0 saturated carbocycles. The van der Waals surface area contributed by atoms with Crippen molar-refractivity contribution in [2.75, 3.05) is 6.54 Å². The summed E-state index contributed by atoms with van der Waals surface area (Å²) in [4.78, 5) is 35.0. The Morgan fingerprint density at radius 3 is 2.62 bits per heavy atom. The van der Waals surface area contributed by atoms with Crippen molar-refractivity contribution in [3.05, 3.63) is 39.9 Å². The van der Waals surface area contributed by atoms with Crippen LogP contribution in [0, 0.1) is 16.0 Å². The maximum atomic E-state index is 12.5. The number of nitrogens with zero attached hydrogens (tertiary/aromatic N) is 1. The highest BCUT2D eigenvalue weighted by molar-refractivity contribution is 5.87. The van der Waals surface area contributed by atoms with E-state index in [9.17, 15) is 19.7 Å². The third-order valence-electron chi connectivity index (χ3n) is 4.67. The van der Waals surface area contributed by atoms with Crippen LogP contribution >= 0.6 is 0 Å². The molecule has 0 aliphatic carbocycles. The number of benzene rings is 1. The summed E-state index contributed by atoms with van der Waals surface area (Å²) < 4.78 is 5.33. The Morgan fingerprint density at radius 2 is 2.08 bits per heavy atom. The molecule has 2 rings (SSSR count). The number of carbonyl (C=O) groups excluding carboxylic acids is 2. The predicted molar refractivity (Wildman–Crippen MR) is 95.3 cm³/mol. The summed E-state index contributed by atoms with van der Waals surface area (Å²) in [5, 5.41) is 16.6. The van der Waals surface area contributed by atoms with Crippen LogP contribution in [-0.2, 0) is 20.9 Å². The predicted octanol–water partition coefficient (Wildman–Crippen LogP) is 1.92. The van der Waals surface area contributed by atoms with E-state index in [1.807, 2.05) is 13.8 Å². The summed E-state index contributed by atoms with van der Waals surface area (Å²) in [5.41, 5.74) is 0.629. The lowest BCUT2D eigenvalue weighted by molar-refractivity contribution is -0.384. The fraction of sp³-hybridized carbons (Fsp3) is 0.556. The van der Waals surface area contributed by atoms with Crippen LogP contribution in [0.25, 0.3) is 0 Å². The zero-order valence-corrected chi connectivity index (χ0v) is 15.1. The number of esters is 1. The van der Waals surface area contributed by atoms with Crippen molar-refractivity contribution in [1.82, 2.24) is 10.6 Å². The van der Waals surface area contributed by atoms with Gasteiger partial charge in [0.05, 0.1) is 11.0 Å². The quantitative estimate of drug-likeness (QED) is 0.415. The molecule has 26 heavy (non-hydrogen) atoms. The molecule has 1 aromatic carbocycles. The van der Waals surface area contributed by atoms with Gasteiger partial charge >= 0.3 is 5.97 Å². The number of nitro benzene ring substituents is 1. The average Bonchev–Trinajstić information content (AvgIpc) is 3.18. The van der Waals surface area contributed by atoms with Crippen LogP contribution in [0.3, 0.4) is 0 Å². The molecule has 1 aromatic rings. The van der Waals surface area contributed by atoms with Crippen LogP contribution in [0.5, 0.6) is 0 Å². The van der Waals surface area contributed by atoms with Gasteiger partial charge in [-0.15, -0.1) is 0 Å². The van der Waals surface area contributed by atoms with Crippen molar-refractivity contribution in [2.45, 2.75) is 51.8 Å². The first kappa shape index (κ1) is 19.8. The minimum absolute atomic E-state index is 0.00130. The van der Waals surface area contributed by atoms with Gasteiger partial charge in [0.25, 0.3) is 5.69 Å². The van der Waals surface area contributed by atoms with Crippen LogP contribution in [-0.4, -0.2) is 35.4 Å². The van der Waals surface area contributed by atoms with Crippen LogP contribution in [0.2, 0.25) is 0 Å². The second-order valence-corrected chi connectivity index (χ2v) is 6.55. The number of amides is 1. The third-order valence-corrected chi connectivity index (χ3v) is 4.67. The summed E-state index contributed by atoms with van der Waals surface area (Å²) in [6.07, 6.45) is 2.42. The van der Waals surface area contributed by atoms with Crippen LogP contribution in [0.1, 0.15) is 38.7 Å². The summed E-state index contributed by atoms with van der Waals surface area (Å²) in [5.74, 6) is -0.742. The standard InChI is InChI=1S/C18H25N3O5/c1-3-12(2)16(20-17(22)15-5-4-10-19-15)18(23)26-11-13-6-8-14(9-7-13)21(24)25/h6-9,12,15-16,19H,3-5,10-11H2,1-2H3,(H,20,22)/t12-,15-,16-/m0/s1. The summed E-state index contributed by atoms with van der Waals surface area (Å²) >= 11 is 0. The molecule has 1 saturated heterocycles. The number of nitro groups is 1. The Kier molecular flexibility index (Phi) is 7.08. The first-order valence-corrected chi connectivity index (χ1v) is 8.86. The number of nitrogens with one attached hydrogen (secondary N) is 2. The van der Waals surface area contributed by atoms with Gasteiger partial charge in [-0.3, -0.25) is 14.9 Å². The first-order chi connectivity index (χ1) is 12.4. The molecule has 1 aliphatic rings. The van der Waals surface area contributed by atoms with Gasteiger partial charge in [0.2, 0.25) is 5.91 Å². The van der Waals surface area contributed by atoms with E-state index in [0.29, 0.717) is 5.56 Å². The first-order valence-electron chi connectivity index (χ1n) is 8.86. The van der Waals surface area contributed by atoms with Crippen molar-refractivity contribution < 1.29 is 19.2 Å². The molecule has 0 unspecified atom stereocenters. The molecule has 1 heterocycles. The minimum Gasteiger partial charge on any atom is -0.459 e. The molecule has 8 nitrogen and oxygen atoms in total. The summed E-state index contributed by atoms with van der Waals surface area (Å²) in [6.45, 7) is 4.64. The molecule has 1 aliphatic heterocycles. The highest BCUT2D eigenvalue weighted by Crippen LogP contribution is 2.15. The third kappa shape index (κ3) is 5.26. The Balaban J connectivity index is 1.95. The van der Waals surface area contributed by atoms with Gasteiger partial charge in [0.15, 0.2) is 0 Å². The van der Waals surface area contributed by atoms with E-state index in [1.54, 1.807) is 12.1 Å². The van der Waals surface area contributed by atoms with E-state index in [4.69, 9.17) is 4.74 Å². The average molecular weight is 363 g/mol. The van der Waals surface area contributed by atoms with Gasteiger partial charge in [-0.25, -0.2) is 4.79 Å². The number of carbonyl (C=O) groups is 2. The lowest BCUT2D eigenvalue weighted by Crippen LogP contribution is -2.51. The number of hydrogen-bond acceptors (Lipinski definition) is 6. The number of non-ortho nitro benzene ring substituents is 1.